The molecule has 0 radical (unpaired) electrons. The summed E-state index contributed by atoms with van der Waals surface area (Å²) >= 11 is 5.95. The summed E-state index contributed by atoms with van der Waals surface area (Å²) in [7, 11) is 0. The molecular weight excluding hydrogens is 270 g/mol. The van der Waals surface area contributed by atoms with E-state index >= 15 is 0 Å². The van der Waals surface area contributed by atoms with Gasteiger partial charge in [-0.1, -0.05) is 41.9 Å². The summed E-state index contributed by atoms with van der Waals surface area (Å²) in [5.41, 5.74) is 2.11. The highest BCUT2D eigenvalue weighted by Gasteiger charge is 2.30. The van der Waals surface area contributed by atoms with Crippen molar-refractivity contribution < 1.29 is 4.79 Å². The van der Waals surface area contributed by atoms with E-state index in [0.717, 1.165) is 29.1 Å². The second-order valence-electron chi connectivity index (χ2n) is 5.06. The number of amides is 1. The molecule has 0 bridgehead atoms. The Kier molecular flexibility index (Phi) is 3.75. The first-order chi connectivity index (χ1) is 9.75. The molecule has 0 saturated carbocycles. The molecule has 0 N–H and O–H groups in total. The largest absolute Gasteiger partial charge is 0.305 e. The Morgan fingerprint density at radius 1 is 1.00 bits per heavy atom. The van der Waals surface area contributed by atoms with Gasteiger partial charge < -0.3 is 4.90 Å². The van der Waals surface area contributed by atoms with Crippen molar-refractivity contribution in [2.24, 2.45) is 0 Å². The molecule has 0 unspecified atom stereocenters. The minimum atomic E-state index is 0.107. The maximum Gasteiger partial charge on any atom is 0.227 e. The molecule has 2 aromatic rings. The highest BCUT2D eigenvalue weighted by Crippen LogP contribution is 2.35. The van der Waals surface area contributed by atoms with Gasteiger partial charge in [0.15, 0.2) is 0 Å². The number of carbonyl (C=O) groups excluding carboxylic acids is 1. The van der Waals surface area contributed by atoms with Gasteiger partial charge in [0, 0.05) is 17.1 Å². The molecule has 1 saturated heterocycles. The van der Waals surface area contributed by atoms with Gasteiger partial charge in [-0.3, -0.25) is 4.79 Å². The van der Waals surface area contributed by atoms with Crippen molar-refractivity contribution in [3.05, 3.63) is 65.2 Å². The van der Waals surface area contributed by atoms with Crippen molar-refractivity contribution in [1.82, 2.24) is 0 Å². The Bertz CT molecular complexity index is 594. The number of para-hydroxylation sites is 1. The fraction of sp³-hybridized carbons (Fsp3) is 0.235. The standard InChI is InChI=1S/C17H16ClNO/c18-14-11-9-13(10-12-14)16-7-4-8-17(20)19(16)15-5-2-1-3-6-15/h1-3,5-6,9-12,16H,4,7-8H2/t16-/m0/s1. The van der Waals surface area contributed by atoms with Gasteiger partial charge in [-0.15, -0.1) is 0 Å². The number of hydrogen-bond donors (Lipinski definition) is 0. The molecule has 2 nitrogen and oxygen atoms in total. The van der Waals surface area contributed by atoms with E-state index in [-0.39, 0.29) is 11.9 Å². The second-order valence-corrected chi connectivity index (χ2v) is 5.50. The lowest BCUT2D eigenvalue weighted by atomic mass is 9.94. The monoisotopic (exact) mass is 285 g/mol. The van der Waals surface area contributed by atoms with E-state index in [4.69, 9.17) is 11.6 Å². The van der Waals surface area contributed by atoms with Gasteiger partial charge in [0.05, 0.1) is 6.04 Å². The van der Waals surface area contributed by atoms with Crippen LogP contribution in [0.25, 0.3) is 0 Å². The van der Waals surface area contributed by atoms with E-state index in [9.17, 15) is 4.79 Å². The van der Waals surface area contributed by atoms with Crippen molar-refractivity contribution in [2.45, 2.75) is 25.3 Å². The zero-order valence-electron chi connectivity index (χ0n) is 11.1. The smallest absolute Gasteiger partial charge is 0.227 e. The molecule has 3 rings (SSSR count). The third kappa shape index (κ3) is 2.56. The highest BCUT2D eigenvalue weighted by atomic mass is 35.5. The fourth-order valence-corrected chi connectivity index (χ4v) is 2.91. The quantitative estimate of drug-likeness (QED) is 0.790. The van der Waals surface area contributed by atoms with Crippen LogP contribution in [0.1, 0.15) is 30.9 Å². The van der Waals surface area contributed by atoms with Gasteiger partial charge in [-0.25, -0.2) is 0 Å². The molecule has 1 fully saturated rings. The molecule has 0 aliphatic carbocycles. The maximum absolute atomic E-state index is 12.3. The van der Waals surface area contributed by atoms with Crippen LogP contribution in [0.3, 0.4) is 0 Å². The van der Waals surface area contributed by atoms with Crippen LogP contribution in [0, 0.1) is 0 Å². The predicted molar refractivity (Wildman–Crippen MR) is 82.0 cm³/mol. The van der Waals surface area contributed by atoms with Crippen LogP contribution in [0.4, 0.5) is 5.69 Å². The third-order valence-corrected chi connectivity index (χ3v) is 3.99. The Hall–Kier alpha value is -1.80. The summed E-state index contributed by atoms with van der Waals surface area (Å²) in [6, 6.07) is 17.8. The van der Waals surface area contributed by atoms with Crippen molar-refractivity contribution in [2.75, 3.05) is 4.90 Å². The molecule has 1 amide bonds. The summed E-state index contributed by atoms with van der Waals surface area (Å²) in [4.78, 5) is 14.3. The number of rotatable bonds is 2. The SMILES string of the molecule is O=C1CCC[C@@H](c2ccc(Cl)cc2)N1c1ccccc1. The number of benzene rings is 2. The lowest BCUT2D eigenvalue weighted by Crippen LogP contribution is -2.38. The summed E-state index contributed by atoms with van der Waals surface area (Å²) in [6.07, 6.45) is 2.55. The molecule has 20 heavy (non-hydrogen) atoms. The number of carbonyl (C=O) groups is 1. The van der Waals surface area contributed by atoms with Crippen LogP contribution in [0.15, 0.2) is 54.6 Å². The highest BCUT2D eigenvalue weighted by molar-refractivity contribution is 6.30. The fourth-order valence-electron chi connectivity index (χ4n) is 2.78. The molecule has 102 valence electrons. The number of halogens is 1. The van der Waals surface area contributed by atoms with Crippen molar-refractivity contribution in [3.8, 4) is 0 Å². The molecule has 2 aromatic carbocycles. The summed E-state index contributed by atoms with van der Waals surface area (Å²) in [6.45, 7) is 0. The number of anilines is 1. The summed E-state index contributed by atoms with van der Waals surface area (Å²) < 4.78 is 0. The van der Waals surface area contributed by atoms with Crippen LogP contribution in [-0.2, 0) is 4.79 Å². The minimum absolute atomic E-state index is 0.107. The normalized spacial score (nSPS) is 19.1. The van der Waals surface area contributed by atoms with Crippen molar-refractivity contribution >= 4 is 23.2 Å². The third-order valence-electron chi connectivity index (χ3n) is 3.74. The first-order valence-corrected chi connectivity index (χ1v) is 7.26. The molecule has 0 spiro atoms. The van der Waals surface area contributed by atoms with E-state index in [2.05, 4.69) is 0 Å². The molecule has 0 aromatic heterocycles. The van der Waals surface area contributed by atoms with Gasteiger partial charge in [-0.05, 0) is 42.7 Å². The van der Waals surface area contributed by atoms with Gasteiger partial charge >= 0.3 is 0 Å². The molecule has 3 heteroatoms. The average molecular weight is 286 g/mol. The lowest BCUT2D eigenvalue weighted by Gasteiger charge is -2.36. The minimum Gasteiger partial charge on any atom is -0.305 e. The number of hydrogen-bond acceptors (Lipinski definition) is 1. The topological polar surface area (TPSA) is 20.3 Å². The van der Waals surface area contributed by atoms with E-state index in [1.54, 1.807) is 0 Å². The molecule has 1 aliphatic rings. The van der Waals surface area contributed by atoms with Crippen LogP contribution in [-0.4, -0.2) is 5.91 Å². The maximum atomic E-state index is 12.3. The lowest BCUT2D eigenvalue weighted by molar-refractivity contribution is -0.120. The zero-order valence-corrected chi connectivity index (χ0v) is 11.9. The molecule has 1 heterocycles. The van der Waals surface area contributed by atoms with E-state index in [1.165, 1.54) is 0 Å². The van der Waals surface area contributed by atoms with Crippen molar-refractivity contribution in [3.63, 3.8) is 0 Å². The molecular formula is C17H16ClNO. The van der Waals surface area contributed by atoms with E-state index < -0.39 is 0 Å². The first kappa shape index (κ1) is 13.2. The first-order valence-electron chi connectivity index (χ1n) is 6.88. The zero-order chi connectivity index (χ0) is 13.9. The van der Waals surface area contributed by atoms with Gasteiger partial charge in [0.25, 0.3) is 0 Å². The number of piperidine rings is 1. The summed E-state index contributed by atoms with van der Waals surface area (Å²) in [5.74, 6) is 0.197. The number of nitrogens with zero attached hydrogens (tertiary/aromatic N) is 1. The van der Waals surface area contributed by atoms with E-state index in [1.807, 2.05) is 59.5 Å². The van der Waals surface area contributed by atoms with Crippen LogP contribution >= 0.6 is 11.6 Å². The second kappa shape index (κ2) is 5.68. The van der Waals surface area contributed by atoms with E-state index in [0.29, 0.717) is 6.42 Å². The summed E-state index contributed by atoms with van der Waals surface area (Å²) in [5, 5.41) is 0.724. The average Bonchev–Trinajstić information content (AvgIpc) is 2.49. The Morgan fingerprint density at radius 2 is 1.70 bits per heavy atom. The molecule has 1 aliphatic heterocycles. The van der Waals surface area contributed by atoms with Gasteiger partial charge in [0.2, 0.25) is 5.91 Å². The predicted octanol–water partition coefficient (Wildman–Crippen LogP) is 4.60. The Morgan fingerprint density at radius 3 is 2.40 bits per heavy atom. The van der Waals surface area contributed by atoms with Crippen LogP contribution < -0.4 is 4.90 Å². The van der Waals surface area contributed by atoms with Gasteiger partial charge in [0.1, 0.15) is 0 Å². The Labute approximate surface area is 124 Å². The van der Waals surface area contributed by atoms with Gasteiger partial charge in [-0.2, -0.15) is 0 Å². The Balaban J connectivity index is 1.98. The van der Waals surface area contributed by atoms with Crippen LogP contribution in [0.5, 0.6) is 0 Å². The molecule has 1 atom stereocenters. The van der Waals surface area contributed by atoms with Crippen LogP contribution in [0.2, 0.25) is 5.02 Å². The van der Waals surface area contributed by atoms with Crippen molar-refractivity contribution in [1.29, 1.82) is 0 Å².